The number of carbonyl (C=O) groups excluding carboxylic acids is 1. The molecule has 1 amide bonds. The van der Waals surface area contributed by atoms with E-state index in [-0.39, 0.29) is 17.6 Å². The molecule has 82 valence electrons. The minimum atomic E-state index is -0.354. The van der Waals surface area contributed by atoms with Gasteiger partial charge in [0.15, 0.2) is 0 Å². The first-order valence-corrected chi connectivity index (χ1v) is 4.88. The second kappa shape index (κ2) is 5.46. The summed E-state index contributed by atoms with van der Waals surface area (Å²) in [6.07, 6.45) is 0. The van der Waals surface area contributed by atoms with Gasteiger partial charge in [0, 0.05) is 13.1 Å². The Bertz CT molecular complexity index is 341. The van der Waals surface area contributed by atoms with Gasteiger partial charge in [0.2, 0.25) is 5.91 Å². The number of nitrogens with two attached hydrogens (primary N) is 1. The topological polar surface area (TPSA) is 55.1 Å². The standard InChI is InChI=1S/C11H15FN2O/c1-8(11(15)14-6-5-13)9-3-2-4-10(12)7-9/h2-4,7-8H,5-6,13H2,1H3,(H,14,15). The molecule has 1 aromatic rings. The minimum absolute atomic E-state index is 0.133. The Morgan fingerprint density at radius 1 is 1.60 bits per heavy atom. The average molecular weight is 210 g/mol. The molecule has 1 rings (SSSR count). The normalized spacial score (nSPS) is 12.2. The zero-order valence-corrected chi connectivity index (χ0v) is 8.66. The molecular formula is C11H15FN2O. The Morgan fingerprint density at radius 2 is 2.33 bits per heavy atom. The fraction of sp³-hybridized carbons (Fsp3) is 0.364. The Hall–Kier alpha value is -1.42. The molecule has 0 aliphatic heterocycles. The van der Waals surface area contributed by atoms with Gasteiger partial charge in [-0.15, -0.1) is 0 Å². The first-order chi connectivity index (χ1) is 7.15. The Balaban J connectivity index is 2.67. The summed E-state index contributed by atoms with van der Waals surface area (Å²) in [6.45, 7) is 2.58. The van der Waals surface area contributed by atoms with E-state index >= 15 is 0 Å². The number of nitrogens with one attached hydrogen (secondary N) is 1. The summed E-state index contributed by atoms with van der Waals surface area (Å²) in [5.41, 5.74) is 5.94. The third-order valence-electron chi connectivity index (χ3n) is 2.19. The molecule has 0 aromatic heterocycles. The largest absolute Gasteiger partial charge is 0.354 e. The van der Waals surface area contributed by atoms with Crippen molar-refractivity contribution in [3.05, 3.63) is 35.6 Å². The third kappa shape index (κ3) is 3.32. The van der Waals surface area contributed by atoms with Crippen molar-refractivity contribution in [1.82, 2.24) is 5.32 Å². The highest BCUT2D eigenvalue weighted by Crippen LogP contribution is 2.15. The molecule has 1 atom stereocenters. The lowest BCUT2D eigenvalue weighted by Crippen LogP contribution is -2.32. The van der Waals surface area contributed by atoms with E-state index in [0.29, 0.717) is 18.7 Å². The predicted molar refractivity (Wildman–Crippen MR) is 56.9 cm³/mol. The van der Waals surface area contributed by atoms with Crippen molar-refractivity contribution in [2.24, 2.45) is 5.73 Å². The van der Waals surface area contributed by atoms with Crippen molar-refractivity contribution in [3.63, 3.8) is 0 Å². The number of hydrogen-bond acceptors (Lipinski definition) is 2. The summed E-state index contributed by atoms with van der Waals surface area (Å²) in [6, 6.07) is 6.05. The van der Waals surface area contributed by atoms with E-state index in [0.717, 1.165) is 0 Å². The zero-order chi connectivity index (χ0) is 11.3. The summed E-state index contributed by atoms with van der Waals surface area (Å²) in [4.78, 5) is 11.5. The highest BCUT2D eigenvalue weighted by atomic mass is 19.1. The molecule has 0 heterocycles. The third-order valence-corrected chi connectivity index (χ3v) is 2.19. The van der Waals surface area contributed by atoms with Crippen molar-refractivity contribution < 1.29 is 9.18 Å². The highest BCUT2D eigenvalue weighted by Gasteiger charge is 2.14. The number of hydrogen-bond donors (Lipinski definition) is 2. The summed E-state index contributed by atoms with van der Waals surface area (Å²) in [5.74, 6) is -0.815. The fourth-order valence-electron chi connectivity index (χ4n) is 1.28. The molecule has 0 saturated heterocycles. The minimum Gasteiger partial charge on any atom is -0.354 e. The van der Waals surface area contributed by atoms with Crippen LogP contribution in [0.5, 0.6) is 0 Å². The van der Waals surface area contributed by atoms with Crippen LogP contribution in [0.15, 0.2) is 24.3 Å². The van der Waals surface area contributed by atoms with Gasteiger partial charge >= 0.3 is 0 Å². The molecule has 4 heteroatoms. The van der Waals surface area contributed by atoms with Gasteiger partial charge in [0.1, 0.15) is 5.82 Å². The lowest BCUT2D eigenvalue weighted by Gasteiger charge is -2.11. The molecule has 0 fully saturated rings. The Kier molecular flexibility index (Phi) is 4.24. The van der Waals surface area contributed by atoms with E-state index in [1.807, 2.05) is 0 Å². The molecule has 0 radical (unpaired) electrons. The molecule has 15 heavy (non-hydrogen) atoms. The molecule has 3 N–H and O–H groups in total. The van der Waals surface area contributed by atoms with Gasteiger partial charge in [-0.25, -0.2) is 4.39 Å². The summed E-state index contributed by atoms with van der Waals surface area (Å²) in [7, 11) is 0. The lowest BCUT2D eigenvalue weighted by atomic mass is 10.0. The van der Waals surface area contributed by atoms with Crippen LogP contribution in [0.1, 0.15) is 18.4 Å². The van der Waals surface area contributed by atoms with Gasteiger partial charge in [-0.2, -0.15) is 0 Å². The van der Waals surface area contributed by atoms with Crippen molar-refractivity contribution in [2.75, 3.05) is 13.1 Å². The van der Waals surface area contributed by atoms with E-state index in [9.17, 15) is 9.18 Å². The second-order valence-electron chi connectivity index (χ2n) is 3.36. The van der Waals surface area contributed by atoms with E-state index in [4.69, 9.17) is 5.73 Å². The molecule has 3 nitrogen and oxygen atoms in total. The molecular weight excluding hydrogens is 195 g/mol. The van der Waals surface area contributed by atoms with E-state index in [1.54, 1.807) is 19.1 Å². The maximum atomic E-state index is 12.9. The van der Waals surface area contributed by atoms with Gasteiger partial charge in [-0.05, 0) is 24.6 Å². The van der Waals surface area contributed by atoms with Crippen molar-refractivity contribution in [2.45, 2.75) is 12.8 Å². The molecule has 1 unspecified atom stereocenters. The number of halogens is 1. The number of amides is 1. The van der Waals surface area contributed by atoms with Crippen LogP contribution >= 0.6 is 0 Å². The van der Waals surface area contributed by atoms with Crippen LogP contribution in [0.3, 0.4) is 0 Å². The van der Waals surface area contributed by atoms with Crippen molar-refractivity contribution in [1.29, 1.82) is 0 Å². The summed E-state index contributed by atoms with van der Waals surface area (Å²) in [5, 5.41) is 2.66. The van der Waals surface area contributed by atoms with Crippen LogP contribution in [0.4, 0.5) is 4.39 Å². The van der Waals surface area contributed by atoms with Crippen LogP contribution in [0.25, 0.3) is 0 Å². The van der Waals surface area contributed by atoms with Crippen LogP contribution in [0.2, 0.25) is 0 Å². The highest BCUT2D eigenvalue weighted by molar-refractivity contribution is 5.83. The van der Waals surface area contributed by atoms with Crippen LogP contribution in [0, 0.1) is 5.82 Å². The molecule has 0 bridgehead atoms. The maximum absolute atomic E-state index is 12.9. The van der Waals surface area contributed by atoms with Gasteiger partial charge in [-0.3, -0.25) is 4.79 Å². The fourth-order valence-corrected chi connectivity index (χ4v) is 1.28. The smallest absolute Gasteiger partial charge is 0.227 e. The quantitative estimate of drug-likeness (QED) is 0.779. The van der Waals surface area contributed by atoms with Crippen molar-refractivity contribution in [3.8, 4) is 0 Å². The van der Waals surface area contributed by atoms with Crippen molar-refractivity contribution >= 4 is 5.91 Å². The van der Waals surface area contributed by atoms with Gasteiger partial charge in [-0.1, -0.05) is 12.1 Å². The van der Waals surface area contributed by atoms with Gasteiger partial charge in [0.25, 0.3) is 0 Å². The van der Waals surface area contributed by atoms with Gasteiger partial charge < -0.3 is 11.1 Å². The molecule has 0 spiro atoms. The van der Waals surface area contributed by atoms with E-state index < -0.39 is 0 Å². The maximum Gasteiger partial charge on any atom is 0.227 e. The SMILES string of the molecule is CC(C(=O)NCCN)c1cccc(F)c1. The van der Waals surface area contributed by atoms with E-state index in [1.165, 1.54) is 12.1 Å². The molecule has 0 aliphatic rings. The Morgan fingerprint density at radius 3 is 2.93 bits per heavy atom. The monoisotopic (exact) mass is 210 g/mol. The predicted octanol–water partition coefficient (Wildman–Crippen LogP) is 1.00. The average Bonchev–Trinajstić information content (AvgIpc) is 2.24. The number of carbonyl (C=O) groups is 1. The van der Waals surface area contributed by atoms with E-state index in [2.05, 4.69) is 5.32 Å². The number of rotatable bonds is 4. The molecule has 0 aliphatic carbocycles. The van der Waals surface area contributed by atoms with Gasteiger partial charge in [0.05, 0.1) is 5.92 Å². The lowest BCUT2D eigenvalue weighted by molar-refractivity contribution is -0.122. The van der Waals surface area contributed by atoms with Crippen LogP contribution < -0.4 is 11.1 Å². The van der Waals surface area contributed by atoms with Crippen LogP contribution in [-0.2, 0) is 4.79 Å². The first-order valence-electron chi connectivity index (χ1n) is 4.88. The Labute approximate surface area is 88.5 Å². The first kappa shape index (κ1) is 11.7. The van der Waals surface area contributed by atoms with Crippen LogP contribution in [-0.4, -0.2) is 19.0 Å². The summed E-state index contributed by atoms with van der Waals surface area (Å²) >= 11 is 0. The second-order valence-corrected chi connectivity index (χ2v) is 3.36. The number of benzene rings is 1. The summed E-state index contributed by atoms with van der Waals surface area (Å²) < 4.78 is 12.9. The zero-order valence-electron chi connectivity index (χ0n) is 8.66. The molecule has 0 saturated carbocycles. The molecule has 1 aromatic carbocycles.